The van der Waals surface area contributed by atoms with E-state index in [2.05, 4.69) is 15.5 Å². The topological polar surface area (TPSA) is 140 Å². The van der Waals surface area contributed by atoms with Gasteiger partial charge in [0.2, 0.25) is 15.9 Å². The quantitative estimate of drug-likeness (QED) is 0.525. The number of nitrogens with one attached hydrogen (secondary N) is 1. The molecule has 12 heteroatoms. The molecule has 0 saturated carbocycles. The monoisotopic (exact) mass is 518 g/mol. The largest absolute Gasteiger partial charge is 0.403 e. The van der Waals surface area contributed by atoms with Gasteiger partial charge < -0.3 is 4.42 Å². The Hall–Kier alpha value is -3.09. The molecule has 2 atom stereocenters. The Morgan fingerprint density at radius 2 is 1.63 bits per heavy atom. The summed E-state index contributed by atoms with van der Waals surface area (Å²) in [6, 6.07) is 11.5. The van der Waals surface area contributed by atoms with E-state index in [9.17, 15) is 21.6 Å². The molecule has 2 heterocycles. The van der Waals surface area contributed by atoms with Crippen molar-refractivity contribution in [2.75, 3.05) is 24.7 Å². The van der Waals surface area contributed by atoms with Gasteiger partial charge in [-0.1, -0.05) is 25.0 Å². The third-order valence-corrected chi connectivity index (χ3v) is 8.70. The van der Waals surface area contributed by atoms with Crippen molar-refractivity contribution in [3.05, 3.63) is 54.1 Å². The second kappa shape index (κ2) is 9.51. The second-order valence-corrected chi connectivity index (χ2v) is 12.9. The van der Waals surface area contributed by atoms with Gasteiger partial charge >= 0.3 is 6.01 Å². The number of nitrogens with zero attached hydrogens (tertiary/aromatic N) is 3. The number of benzene rings is 2. The van der Waals surface area contributed by atoms with Gasteiger partial charge in [0.25, 0.3) is 5.91 Å². The molecule has 1 amide bonds. The highest BCUT2D eigenvalue weighted by Gasteiger charge is 2.31. The Labute approximate surface area is 204 Å². The number of carbonyl (C=O) groups excluding carboxylic acids is 1. The summed E-state index contributed by atoms with van der Waals surface area (Å²) in [7, 11) is -7.07. The van der Waals surface area contributed by atoms with Crippen LogP contribution < -0.4 is 5.32 Å². The number of sulfone groups is 1. The van der Waals surface area contributed by atoms with Crippen molar-refractivity contribution in [1.82, 2.24) is 14.5 Å². The van der Waals surface area contributed by atoms with E-state index in [0.717, 1.165) is 12.7 Å². The van der Waals surface area contributed by atoms with E-state index < -0.39 is 25.8 Å². The fourth-order valence-corrected chi connectivity index (χ4v) is 6.50. The number of hydrogen-bond donors (Lipinski definition) is 1. The fraction of sp³-hybridized carbons (Fsp3) is 0.348. The van der Waals surface area contributed by atoms with Gasteiger partial charge in [-0.2, -0.15) is 4.31 Å². The number of carbonyl (C=O) groups is 1. The van der Waals surface area contributed by atoms with Crippen molar-refractivity contribution in [1.29, 1.82) is 0 Å². The van der Waals surface area contributed by atoms with Crippen LogP contribution in [-0.4, -0.2) is 56.6 Å². The van der Waals surface area contributed by atoms with Crippen molar-refractivity contribution in [3.63, 3.8) is 0 Å². The molecule has 0 radical (unpaired) electrons. The molecular weight excluding hydrogens is 492 g/mol. The first-order chi connectivity index (χ1) is 16.4. The number of piperidine rings is 1. The van der Waals surface area contributed by atoms with Crippen LogP contribution in [0.3, 0.4) is 0 Å². The maximum Gasteiger partial charge on any atom is 0.322 e. The van der Waals surface area contributed by atoms with Crippen LogP contribution in [0.25, 0.3) is 11.5 Å². The van der Waals surface area contributed by atoms with Crippen molar-refractivity contribution in [2.45, 2.75) is 30.1 Å². The van der Waals surface area contributed by atoms with Gasteiger partial charge in [0, 0.05) is 30.5 Å². The molecule has 1 saturated heterocycles. The minimum Gasteiger partial charge on any atom is -0.403 e. The van der Waals surface area contributed by atoms with Gasteiger partial charge in [0.15, 0.2) is 9.84 Å². The third-order valence-electron chi connectivity index (χ3n) is 5.74. The summed E-state index contributed by atoms with van der Waals surface area (Å²) >= 11 is 0. The summed E-state index contributed by atoms with van der Waals surface area (Å²) in [5.41, 5.74) is 0.597. The van der Waals surface area contributed by atoms with Gasteiger partial charge in [0.05, 0.1) is 9.79 Å². The van der Waals surface area contributed by atoms with Crippen LogP contribution in [-0.2, 0) is 19.9 Å². The Kier molecular flexibility index (Phi) is 6.80. The molecule has 0 bridgehead atoms. The molecule has 1 aromatic heterocycles. The van der Waals surface area contributed by atoms with Crippen LogP contribution >= 0.6 is 0 Å². The first kappa shape index (κ1) is 25.0. The minimum absolute atomic E-state index is 0.0391. The molecule has 186 valence electrons. The number of sulfonamides is 1. The van der Waals surface area contributed by atoms with E-state index in [1.807, 2.05) is 13.8 Å². The number of aromatic nitrogens is 2. The average molecular weight is 519 g/mol. The molecule has 3 aromatic rings. The molecule has 1 N–H and O–H groups in total. The van der Waals surface area contributed by atoms with E-state index >= 15 is 0 Å². The van der Waals surface area contributed by atoms with E-state index in [1.165, 1.54) is 40.7 Å². The molecule has 4 rings (SSSR count). The highest BCUT2D eigenvalue weighted by molar-refractivity contribution is 7.90. The van der Waals surface area contributed by atoms with E-state index in [-0.39, 0.29) is 39.1 Å². The van der Waals surface area contributed by atoms with Gasteiger partial charge in [0.1, 0.15) is 0 Å². The predicted molar refractivity (Wildman–Crippen MR) is 129 cm³/mol. The second-order valence-electron chi connectivity index (χ2n) is 8.96. The van der Waals surface area contributed by atoms with Crippen LogP contribution in [0, 0.1) is 11.8 Å². The lowest BCUT2D eigenvalue weighted by molar-refractivity contribution is 0.102. The summed E-state index contributed by atoms with van der Waals surface area (Å²) in [4.78, 5) is 12.8. The molecule has 1 aliphatic rings. The molecule has 2 aromatic carbocycles. The maximum atomic E-state index is 13.0. The first-order valence-corrected chi connectivity index (χ1v) is 14.3. The number of amides is 1. The van der Waals surface area contributed by atoms with Crippen LogP contribution in [0.5, 0.6) is 0 Å². The highest BCUT2D eigenvalue weighted by atomic mass is 32.2. The van der Waals surface area contributed by atoms with Crippen LogP contribution in [0.4, 0.5) is 6.01 Å². The lowest BCUT2D eigenvalue weighted by Crippen LogP contribution is -2.42. The SMILES string of the molecule is CC1CC(C)CN(S(=O)(=O)c2ccc(C(=O)Nc3nnc(-c4cccc(S(C)(=O)=O)c4)o3)cc2)C1. The predicted octanol–water partition coefficient (Wildman–Crippen LogP) is 3.06. The molecule has 0 aliphatic carbocycles. The zero-order valence-electron chi connectivity index (χ0n) is 19.5. The van der Waals surface area contributed by atoms with Crippen molar-refractivity contribution in [2.24, 2.45) is 11.8 Å². The first-order valence-electron chi connectivity index (χ1n) is 11.0. The Bertz CT molecular complexity index is 1440. The van der Waals surface area contributed by atoms with Crippen molar-refractivity contribution >= 4 is 31.8 Å². The van der Waals surface area contributed by atoms with Crippen LogP contribution in [0.2, 0.25) is 0 Å². The van der Waals surface area contributed by atoms with E-state index in [1.54, 1.807) is 12.1 Å². The number of hydrogen-bond acceptors (Lipinski definition) is 8. The standard InChI is InChI=1S/C23H26N4O6S2/c1-15-11-16(2)14-27(13-15)35(31,32)19-9-7-17(8-10-19)21(28)24-23-26-25-22(33-23)18-5-4-6-20(12-18)34(3,29)30/h4-10,12,15-16H,11,13-14H2,1-3H3,(H,24,26,28). The summed E-state index contributed by atoms with van der Waals surface area (Å²) < 4.78 is 56.5. The Morgan fingerprint density at radius 1 is 0.971 bits per heavy atom. The molecule has 0 spiro atoms. The van der Waals surface area contributed by atoms with Crippen molar-refractivity contribution in [3.8, 4) is 11.5 Å². The van der Waals surface area contributed by atoms with E-state index in [4.69, 9.17) is 4.42 Å². The third kappa shape index (κ3) is 5.60. The lowest BCUT2D eigenvalue weighted by atomic mass is 9.94. The molecule has 1 fully saturated rings. The van der Waals surface area contributed by atoms with E-state index in [0.29, 0.717) is 18.7 Å². The van der Waals surface area contributed by atoms with Crippen molar-refractivity contribution < 1.29 is 26.0 Å². The minimum atomic E-state index is -3.65. The van der Waals surface area contributed by atoms with Crippen LogP contribution in [0.1, 0.15) is 30.6 Å². The zero-order chi connectivity index (χ0) is 25.4. The fourth-order valence-electron chi connectivity index (χ4n) is 4.15. The van der Waals surface area contributed by atoms with Gasteiger partial charge in [-0.3, -0.25) is 10.1 Å². The lowest BCUT2D eigenvalue weighted by Gasteiger charge is -2.34. The summed E-state index contributed by atoms with van der Waals surface area (Å²) in [6.45, 7) is 5.02. The van der Waals surface area contributed by atoms with Gasteiger partial charge in [-0.05, 0) is 60.7 Å². The number of rotatable bonds is 6. The highest BCUT2D eigenvalue weighted by Crippen LogP contribution is 2.27. The number of anilines is 1. The van der Waals surface area contributed by atoms with Gasteiger partial charge in [-0.15, -0.1) is 5.10 Å². The summed E-state index contributed by atoms with van der Waals surface area (Å²) in [5.74, 6) is 0.0462. The summed E-state index contributed by atoms with van der Waals surface area (Å²) in [6.07, 6.45) is 2.08. The molecule has 2 unspecified atom stereocenters. The smallest absolute Gasteiger partial charge is 0.322 e. The van der Waals surface area contributed by atoms with Gasteiger partial charge in [-0.25, -0.2) is 16.8 Å². The Morgan fingerprint density at radius 3 is 2.26 bits per heavy atom. The normalized spacial score (nSPS) is 19.4. The zero-order valence-corrected chi connectivity index (χ0v) is 21.1. The Balaban J connectivity index is 1.47. The van der Waals surface area contributed by atoms with Crippen LogP contribution in [0.15, 0.2) is 62.7 Å². The molecule has 35 heavy (non-hydrogen) atoms. The summed E-state index contributed by atoms with van der Waals surface area (Å²) in [5, 5.41) is 10.1. The molecule has 10 nitrogen and oxygen atoms in total. The average Bonchev–Trinajstić information content (AvgIpc) is 3.26. The molecule has 1 aliphatic heterocycles. The molecular formula is C23H26N4O6S2. The maximum absolute atomic E-state index is 13.0.